The number of fused-ring (bicyclic) bond motifs is 1. The van der Waals surface area contributed by atoms with Crippen LogP contribution in [0.5, 0.6) is 0 Å². The van der Waals surface area contributed by atoms with Crippen molar-refractivity contribution in [3.63, 3.8) is 0 Å². The highest BCUT2D eigenvalue weighted by atomic mass is 35.5. The molecule has 0 aliphatic carbocycles. The summed E-state index contributed by atoms with van der Waals surface area (Å²) < 4.78 is 2.27. The summed E-state index contributed by atoms with van der Waals surface area (Å²) in [5.41, 5.74) is 3.64. The second kappa shape index (κ2) is 5.59. The van der Waals surface area contributed by atoms with Crippen LogP contribution in [0.4, 0.5) is 5.69 Å². The predicted octanol–water partition coefficient (Wildman–Crippen LogP) is 4.72. The van der Waals surface area contributed by atoms with E-state index in [0.29, 0.717) is 0 Å². The maximum absolute atomic E-state index is 5.97. The van der Waals surface area contributed by atoms with Crippen LogP contribution in [0.15, 0.2) is 54.7 Å². The highest BCUT2D eigenvalue weighted by molar-refractivity contribution is 6.30. The summed E-state index contributed by atoms with van der Waals surface area (Å²) in [6, 6.07) is 16.5. The lowest BCUT2D eigenvalue weighted by Crippen LogP contribution is -2.09. The highest BCUT2D eigenvalue weighted by Crippen LogP contribution is 2.18. The molecule has 0 amide bonds. The number of hydrogen-bond acceptors (Lipinski definition) is 1. The van der Waals surface area contributed by atoms with Crippen molar-refractivity contribution >= 4 is 28.2 Å². The first-order chi connectivity index (χ1) is 9.72. The zero-order valence-corrected chi connectivity index (χ0v) is 12.2. The van der Waals surface area contributed by atoms with E-state index < -0.39 is 0 Å². The van der Waals surface area contributed by atoms with Gasteiger partial charge in [0.25, 0.3) is 0 Å². The molecule has 0 aliphatic heterocycles. The van der Waals surface area contributed by atoms with Crippen molar-refractivity contribution in [3.05, 3.63) is 65.3 Å². The number of nitrogens with zero attached hydrogens (tertiary/aromatic N) is 1. The minimum Gasteiger partial charge on any atom is -0.383 e. The Labute approximate surface area is 124 Å². The third-order valence-corrected chi connectivity index (χ3v) is 3.67. The van der Waals surface area contributed by atoms with Gasteiger partial charge in [-0.2, -0.15) is 0 Å². The predicted molar refractivity (Wildman–Crippen MR) is 86.6 cm³/mol. The molecule has 20 heavy (non-hydrogen) atoms. The number of nitrogens with one attached hydrogen (secondary N) is 1. The SMILES string of the molecule is Cc1ccc2c(ccn2CCNc2cccc(Cl)c2)c1. The van der Waals surface area contributed by atoms with E-state index in [0.717, 1.165) is 23.8 Å². The molecule has 1 heterocycles. The fourth-order valence-electron chi connectivity index (χ4n) is 2.43. The average Bonchev–Trinajstić information content (AvgIpc) is 2.81. The summed E-state index contributed by atoms with van der Waals surface area (Å²) in [6.45, 7) is 3.93. The van der Waals surface area contributed by atoms with E-state index in [2.05, 4.69) is 47.3 Å². The minimum absolute atomic E-state index is 0.761. The van der Waals surface area contributed by atoms with Crippen molar-refractivity contribution in [2.24, 2.45) is 0 Å². The van der Waals surface area contributed by atoms with Gasteiger partial charge in [0.1, 0.15) is 0 Å². The third kappa shape index (κ3) is 2.81. The van der Waals surface area contributed by atoms with Crippen molar-refractivity contribution in [2.75, 3.05) is 11.9 Å². The molecular weight excluding hydrogens is 268 g/mol. The third-order valence-electron chi connectivity index (χ3n) is 3.43. The first-order valence-corrected chi connectivity index (χ1v) is 7.15. The normalized spacial score (nSPS) is 10.9. The topological polar surface area (TPSA) is 17.0 Å². The summed E-state index contributed by atoms with van der Waals surface area (Å²) in [6.07, 6.45) is 2.14. The standard InChI is InChI=1S/C17H17ClN2/c1-13-5-6-17-14(11-13)7-9-20(17)10-8-19-16-4-2-3-15(18)12-16/h2-7,9,11-12,19H,8,10H2,1H3. The van der Waals surface area contributed by atoms with E-state index in [-0.39, 0.29) is 0 Å². The van der Waals surface area contributed by atoms with Crippen LogP contribution in [-0.4, -0.2) is 11.1 Å². The van der Waals surface area contributed by atoms with E-state index in [9.17, 15) is 0 Å². The smallest absolute Gasteiger partial charge is 0.0481 e. The molecular formula is C17H17ClN2. The molecule has 2 nitrogen and oxygen atoms in total. The molecule has 1 aromatic heterocycles. The number of anilines is 1. The molecule has 0 fully saturated rings. The molecule has 3 rings (SSSR count). The fourth-order valence-corrected chi connectivity index (χ4v) is 2.62. The molecule has 2 aromatic carbocycles. The van der Waals surface area contributed by atoms with E-state index in [4.69, 9.17) is 11.6 Å². The van der Waals surface area contributed by atoms with Gasteiger partial charge in [0, 0.05) is 35.5 Å². The summed E-state index contributed by atoms with van der Waals surface area (Å²) in [5.74, 6) is 0. The van der Waals surface area contributed by atoms with Crippen molar-refractivity contribution in [2.45, 2.75) is 13.5 Å². The van der Waals surface area contributed by atoms with Gasteiger partial charge < -0.3 is 9.88 Å². The van der Waals surface area contributed by atoms with Gasteiger partial charge in [-0.1, -0.05) is 29.3 Å². The van der Waals surface area contributed by atoms with E-state index >= 15 is 0 Å². The Hall–Kier alpha value is -1.93. The minimum atomic E-state index is 0.761. The molecule has 1 N–H and O–H groups in total. The summed E-state index contributed by atoms with van der Waals surface area (Å²) in [7, 11) is 0. The summed E-state index contributed by atoms with van der Waals surface area (Å²) >= 11 is 5.97. The average molecular weight is 285 g/mol. The molecule has 3 heteroatoms. The second-order valence-corrected chi connectivity index (χ2v) is 5.44. The van der Waals surface area contributed by atoms with Gasteiger partial charge in [0.05, 0.1) is 0 Å². The Morgan fingerprint density at radius 2 is 2.00 bits per heavy atom. The van der Waals surface area contributed by atoms with Gasteiger partial charge in [-0.05, 0) is 48.7 Å². The molecule has 0 saturated carbocycles. The van der Waals surface area contributed by atoms with Crippen LogP contribution < -0.4 is 5.32 Å². The van der Waals surface area contributed by atoms with E-state index in [1.54, 1.807) is 0 Å². The van der Waals surface area contributed by atoms with Crippen LogP contribution in [0.25, 0.3) is 10.9 Å². The Bertz CT molecular complexity index is 731. The van der Waals surface area contributed by atoms with E-state index in [1.165, 1.54) is 16.5 Å². The zero-order chi connectivity index (χ0) is 13.9. The number of hydrogen-bond donors (Lipinski definition) is 1. The van der Waals surface area contributed by atoms with Gasteiger partial charge in [-0.15, -0.1) is 0 Å². The first-order valence-electron chi connectivity index (χ1n) is 6.77. The van der Waals surface area contributed by atoms with Crippen LogP contribution in [0.3, 0.4) is 0 Å². The maximum atomic E-state index is 5.97. The molecule has 0 atom stereocenters. The number of rotatable bonds is 4. The molecule has 0 unspecified atom stereocenters. The Balaban J connectivity index is 1.68. The Morgan fingerprint density at radius 1 is 1.10 bits per heavy atom. The number of benzene rings is 2. The van der Waals surface area contributed by atoms with Crippen LogP contribution >= 0.6 is 11.6 Å². The van der Waals surface area contributed by atoms with Crippen molar-refractivity contribution < 1.29 is 0 Å². The molecule has 0 spiro atoms. The molecule has 0 bridgehead atoms. The van der Waals surface area contributed by atoms with Crippen molar-refractivity contribution in [1.29, 1.82) is 0 Å². The van der Waals surface area contributed by atoms with Crippen LogP contribution in [0.1, 0.15) is 5.56 Å². The quantitative estimate of drug-likeness (QED) is 0.734. The lowest BCUT2D eigenvalue weighted by molar-refractivity contribution is 0.757. The Morgan fingerprint density at radius 3 is 2.85 bits per heavy atom. The van der Waals surface area contributed by atoms with Gasteiger partial charge >= 0.3 is 0 Å². The number of aryl methyl sites for hydroxylation is 1. The van der Waals surface area contributed by atoms with Crippen molar-refractivity contribution in [3.8, 4) is 0 Å². The van der Waals surface area contributed by atoms with E-state index in [1.807, 2.05) is 24.3 Å². The maximum Gasteiger partial charge on any atom is 0.0481 e. The van der Waals surface area contributed by atoms with Crippen LogP contribution in [0, 0.1) is 6.92 Å². The van der Waals surface area contributed by atoms with Gasteiger partial charge in [-0.3, -0.25) is 0 Å². The highest BCUT2D eigenvalue weighted by Gasteiger charge is 2.01. The lowest BCUT2D eigenvalue weighted by atomic mass is 10.2. The number of halogens is 1. The Kier molecular flexibility index (Phi) is 3.66. The monoisotopic (exact) mass is 284 g/mol. The number of aromatic nitrogens is 1. The van der Waals surface area contributed by atoms with Crippen molar-refractivity contribution in [1.82, 2.24) is 4.57 Å². The fraction of sp³-hybridized carbons (Fsp3) is 0.176. The molecule has 0 radical (unpaired) electrons. The first kappa shape index (κ1) is 13.1. The molecule has 102 valence electrons. The van der Waals surface area contributed by atoms with Gasteiger partial charge in [0.2, 0.25) is 0 Å². The van der Waals surface area contributed by atoms with Crippen LogP contribution in [0.2, 0.25) is 5.02 Å². The van der Waals surface area contributed by atoms with Crippen LogP contribution in [-0.2, 0) is 6.54 Å². The van der Waals surface area contributed by atoms with Gasteiger partial charge in [-0.25, -0.2) is 0 Å². The largest absolute Gasteiger partial charge is 0.383 e. The molecule has 0 aliphatic rings. The molecule has 3 aromatic rings. The second-order valence-electron chi connectivity index (χ2n) is 5.01. The van der Waals surface area contributed by atoms with Gasteiger partial charge in [0.15, 0.2) is 0 Å². The lowest BCUT2D eigenvalue weighted by Gasteiger charge is -2.09. The molecule has 0 saturated heterocycles. The zero-order valence-electron chi connectivity index (χ0n) is 11.4. The summed E-state index contributed by atoms with van der Waals surface area (Å²) in [5, 5.41) is 5.45. The summed E-state index contributed by atoms with van der Waals surface area (Å²) in [4.78, 5) is 0.